The third-order valence-corrected chi connectivity index (χ3v) is 3.96. The van der Waals surface area contributed by atoms with Gasteiger partial charge in [-0.1, -0.05) is 12.8 Å². The van der Waals surface area contributed by atoms with Gasteiger partial charge in [0.25, 0.3) is 0 Å². The fourth-order valence-corrected chi connectivity index (χ4v) is 2.94. The highest BCUT2D eigenvalue weighted by Crippen LogP contribution is 2.28. The molecule has 1 aromatic rings. The Labute approximate surface area is 100 Å². The topological polar surface area (TPSA) is 52.5 Å². The molecule has 1 aliphatic rings. The Morgan fingerprint density at radius 3 is 2.81 bits per heavy atom. The van der Waals surface area contributed by atoms with Crippen LogP contribution in [0.4, 0.5) is 0 Å². The van der Waals surface area contributed by atoms with E-state index in [9.17, 15) is 10.2 Å². The van der Waals surface area contributed by atoms with Crippen LogP contribution in [-0.2, 0) is 0 Å². The van der Waals surface area contributed by atoms with Gasteiger partial charge < -0.3 is 15.5 Å². The molecule has 2 rings (SSSR count). The third-order valence-electron chi connectivity index (χ3n) is 3.25. The van der Waals surface area contributed by atoms with Gasteiger partial charge in [0.1, 0.15) is 0 Å². The Morgan fingerprint density at radius 2 is 2.19 bits per heavy atom. The lowest BCUT2D eigenvalue weighted by molar-refractivity contribution is 0.0439. The molecule has 0 spiro atoms. The molecule has 1 aromatic heterocycles. The molecule has 16 heavy (non-hydrogen) atoms. The predicted octanol–water partition coefficient (Wildman–Crippen LogP) is 1.68. The number of hydrogen-bond donors (Lipinski definition) is 3. The van der Waals surface area contributed by atoms with Crippen molar-refractivity contribution in [2.45, 2.75) is 37.4 Å². The van der Waals surface area contributed by atoms with E-state index in [2.05, 4.69) is 5.32 Å². The maximum Gasteiger partial charge on any atom is 0.0922 e. The fourth-order valence-electron chi connectivity index (χ4n) is 2.23. The van der Waals surface area contributed by atoms with E-state index in [4.69, 9.17) is 0 Å². The maximum absolute atomic E-state index is 10.1. The van der Waals surface area contributed by atoms with Crippen molar-refractivity contribution in [2.24, 2.45) is 0 Å². The van der Waals surface area contributed by atoms with Gasteiger partial charge in [0.15, 0.2) is 0 Å². The second kappa shape index (κ2) is 5.27. The monoisotopic (exact) mass is 241 g/mol. The summed E-state index contributed by atoms with van der Waals surface area (Å²) in [4.78, 5) is 0. The summed E-state index contributed by atoms with van der Waals surface area (Å²) in [6.07, 6.45) is 3.54. The molecule has 1 heterocycles. The first-order valence-corrected chi connectivity index (χ1v) is 6.77. The van der Waals surface area contributed by atoms with Gasteiger partial charge in [0, 0.05) is 13.1 Å². The standard InChI is InChI=1S/C12H19NO2S/c14-11(10-3-6-16-8-10)7-13-9-12(15)4-1-2-5-12/h3,6,8,11,13-15H,1-2,4-5,7,9H2. The van der Waals surface area contributed by atoms with E-state index in [-0.39, 0.29) is 0 Å². The number of rotatable bonds is 5. The van der Waals surface area contributed by atoms with E-state index in [1.807, 2.05) is 16.8 Å². The first-order chi connectivity index (χ1) is 7.70. The van der Waals surface area contributed by atoms with Crippen LogP contribution in [0, 0.1) is 0 Å². The van der Waals surface area contributed by atoms with Crippen molar-refractivity contribution in [3.05, 3.63) is 22.4 Å². The van der Waals surface area contributed by atoms with E-state index in [1.54, 1.807) is 11.3 Å². The Morgan fingerprint density at radius 1 is 1.44 bits per heavy atom. The molecule has 3 N–H and O–H groups in total. The van der Waals surface area contributed by atoms with Crippen LogP contribution >= 0.6 is 11.3 Å². The van der Waals surface area contributed by atoms with Crippen molar-refractivity contribution in [3.8, 4) is 0 Å². The van der Waals surface area contributed by atoms with Crippen LogP contribution in [0.25, 0.3) is 0 Å². The van der Waals surface area contributed by atoms with Crippen molar-refractivity contribution in [3.63, 3.8) is 0 Å². The smallest absolute Gasteiger partial charge is 0.0922 e. The van der Waals surface area contributed by atoms with Crippen LogP contribution in [-0.4, -0.2) is 28.9 Å². The minimum absolute atomic E-state index is 0.462. The number of aliphatic hydroxyl groups excluding tert-OH is 1. The molecule has 0 bridgehead atoms. The van der Waals surface area contributed by atoms with Crippen LogP contribution in [0.2, 0.25) is 0 Å². The minimum atomic E-state index is -0.533. The second-order valence-corrected chi connectivity index (χ2v) is 5.41. The number of aliphatic hydroxyl groups is 2. The first-order valence-electron chi connectivity index (χ1n) is 5.83. The lowest BCUT2D eigenvalue weighted by Gasteiger charge is -2.23. The summed E-state index contributed by atoms with van der Waals surface area (Å²) in [7, 11) is 0. The van der Waals surface area contributed by atoms with Crippen LogP contribution in [0.3, 0.4) is 0 Å². The summed E-state index contributed by atoms with van der Waals surface area (Å²) < 4.78 is 0. The molecular formula is C12H19NO2S. The summed E-state index contributed by atoms with van der Waals surface area (Å²) >= 11 is 1.59. The SMILES string of the molecule is OC(CNCC1(O)CCCC1)c1ccsc1. The molecule has 4 heteroatoms. The molecule has 0 radical (unpaired) electrons. The van der Waals surface area contributed by atoms with E-state index >= 15 is 0 Å². The van der Waals surface area contributed by atoms with Crippen LogP contribution in [0.5, 0.6) is 0 Å². The van der Waals surface area contributed by atoms with Gasteiger partial charge in [-0.15, -0.1) is 0 Å². The second-order valence-electron chi connectivity index (χ2n) is 4.63. The normalized spacial score (nSPS) is 21.1. The highest BCUT2D eigenvalue weighted by Gasteiger charge is 2.30. The molecule has 0 saturated heterocycles. The maximum atomic E-state index is 10.1. The Hall–Kier alpha value is -0.420. The summed E-state index contributed by atoms with van der Waals surface area (Å²) in [6.45, 7) is 1.10. The predicted molar refractivity (Wildman–Crippen MR) is 65.6 cm³/mol. The zero-order valence-electron chi connectivity index (χ0n) is 9.35. The molecule has 1 unspecified atom stereocenters. The molecule has 90 valence electrons. The number of thiophene rings is 1. The van der Waals surface area contributed by atoms with Gasteiger partial charge in [-0.2, -0.15) is 11.3 Å². The lowest BCUT2D eigenvalue weighted by Crippen LogP contribution is -2.39. The molecule has 0 amide bonds. The van der Waals surface area contributed by atoms with Gasteiger partial charge in [-0.25, -0.2) is 0 Å². The van der Waals surface area contributed by atoms with Crippen molar-refractivity contribution in [1.82, 2.24) is 5.32 Å². The molecule has 1 atom stereocenters. The van der Waals surface area contributed by atoms with Crippen molar-refractivity contribution in [1.29, 1.82) is 0 Å². The zero-order valence-corrected chi connectivity index (χ0v) is 10.2. The Balaban J connectivity index is 1.72. The van der Waals surface area contributed by atoms with Crippen LogP contribution in [0.15, 0.2) is 16.8 Å². The lowest BCUT2D eigenvalue weighted by atomic mass is 10.0. The Bertz CT molecular complexity index is 307. The molecule has 3 nitrogen and oxygen atoms in total. The van der Waals surface area contributed by atoms with E-state index < -0.39 is 11.7 Å². The summed E-state index contributed by atoms with van der Waals surface area (Å²) in [5, 5.41) is 27.0. The van der Waals surface area contributed by atoms with Gasteiger partial charge in [-0.05, 0) is 35.2 Å². The van der Waals surface area contributed by atoms with E-state index in [1.165, 1.54) is 0 Å². The van der Waals surface area contributed by atoms with Crippen LogP contribution < -0.4 is 5.32 Å². The highest BCUT2D eigenvalue weighted by atomic mass is 32.1. The zero-order chi connectivity index (χ0) is 11.4. The van der Waals surface area contributed by atoms with Gasteiger partial charge in [0.2, 0.25) is 0 Å². The minimum Gasteiger partial charge on any atom is -0.389 e. The third kappa shape index (κ3) is 3.04. The fraction of sp³-hybridized carbons (Fsp3) is 0.667. The largest absolute Gasteiger partial charge is 0.389 e. The average Bonchev–Trinajstić information content (AvgIpc) is 2.88. The number of hydrogen-bond acceptors (Lipinski definition) is 4. The van der Waals surface area contributed by atoms with Gasteiger partial charge in [-0.3, -0.25) is 0 Å². The molecule has 0 aromatic carbocycles. The molecular weight excluding hydrogens is 222 g/mol. The Kier molecular flexibility index (Phi) is 3.97. The summed E-state index contributed by atoms with van der Waals surface area (Å²) in [6, 6.07) is 1.93. The van der Waals surface area contributed by atoms with Crippen molar-refractivity contribution >= 4 is 11.3 Å². The van der Waals surface area contributed by atoms with E-state index in [0.29, 0.717) is 13.1 Å². The highest BCUT2D eigenvalue weighted by molar-refractivity contribution is 7.07. The molecule has 1 aliphatic carbocycles. The molecule has 1 saturated carbocycles. The quantitative estimate of drug-likeness (QED) is 0.735. The number of nitrogens with one attached hydrogen (secondary N) is 1. The average molecular weight is 241 g/mol. The molecule has 1 fully saturated rings. The van der Waals surface area contributed by atoms with Crippen molar-refractivity contribution < 1.29 is 10.2 Å². The van der Waals surface area contributed by atoms with Crippen molar-refractivity contribution in [2.75, 3.05) is 13.1 Å². The summed E-state index contributed by atoms with van der Waals surface area (Å²) in [5.74, 6) is 0. The van der Waals surface area contributed by atoms with Crippen LogP contribution in [0.1, 0.15) is 37.4 Å². The van der Waals surface area contributed by atoms with Gasteiger partial charge in [0.05, 0.1) is 11.7 Å². The molecule has 0 aliphatic heterocycles. The summed E-state index contributed by atoms with van der Waals surface area (Å²) in [5.41, 5.74) is 0.421. The van der Waals surface area contributed by atoms with E-state index in [0.717, 1.165) is 31.2 Å². The first kappa shape index (κ1) is 12.0. The van der Waals surface area contributed by atoms with Gasteiger partial charge >= 0.3 is 0 Å².